The first-order valence-electron chi connectivity index (χ1n) is 8.01. The first-order chi connectivity index (χ1) is 11.2. The lowest BCUT2D eigenvalue weighted by Gasteiger charge is -2.11. The van der Waals surface area contributed by atoms with Crippen LogP contribution >= 0.6 is 11.3 Å². The molecule has 2 unspecified atom stereocenters. The third-order valence-electron chi connectivity index (χ3n) is 4.11. The minimum Gasteiger partial charge on any atom is -0.357 e. The second-order valence-electron chi connectivity index (χ2n) is 5.84. The number of aliphatic imine (C=N–C) groups is 1. The van der Waals surface area contributed by atoms with Gasteiger partial charge < -0.3 is 10.6 Å². The van der Waals surface area contributed by atoms with Gasteiger partial charge in [-0.3, -0.25) is 0 Å². The summed E-state index contributed by atoms with van der Waals surface area (Å²) in [5.74, 6) is 0.936. The topological polar surface area (TPSA) is 36.4 Å². The molecule has 3 rings (SSSR count). The normalized spacial score (nSPS) is 20.4. The van der Waals surface area contributed by atoms with E-state index >= 15 is 0 Å². The van der Waals surface area contributed by atoms with Crippen molar-refractivity contribution in [2.75, 3.05) is 6.54 Å². The monoisotopic (exact) mass is 331 g/mol. The molecule has 1 saturated carbocycles. The zero-order valence-corrected chi connectivity index (χ0v) is 14.3. The maximum absolute atomic E-state index is 13.8. The van der Waals surface area contributed by atoms with Gasteiger partial charge in [-0.1, -0.05) is 18.2 Å². The molecule has 1 heterocycles. The molecule has 0 radical (unpaired) electrons. The van der Waals surface area contributed by atoms with E-state index < -0.39 is 0 Å². The average molecular weight is 331 g/mol. The van der Waals surface area contributed by atoms with Gasteiger partial charge in [-0.15, -0.1) is 11.3 Å². The Bertz CT molecular complexity index is 695. The van der Waals surface area contributed by atoms with Crippen LogP contribution in [0, 0.1) is 12.7 Å². The van der Waals surface area contributed by atoms with Gasteiger partial charge in [0.1, 0.15) is 5.82 Å². The Labute approximate surface area is 140 Å². The van der Waals surface area contributed by atoms with Crippen LogP contribution in [0.1, 0.15) is 35.3 Å². The van der Waals surface area contributed by atoms with E-state index in [9.17, 15) is 4.39 Å². The molecule has 0 bridgehead atoms. The first kappa shape index (κ1) is 16.0. The highest BCUT2D eigenvalue weighted by molar-refractivity contribution is 7.10. The second-order valence-corrected chi connectivity index (χ2v) is 6.84. The van der Waals surface area contributed by atoms with Gasteiger partial charge in [0, 0.05) is 23.4 Å². The molecule has 3 nitrogen and oxygen atoms in total. The quantitative estimate of drug-likeness (QED) is 0.646. The van der Waals surface area contributed by atoms with Crippen LogP contribution in [0.25, 0.3) is 0 Å². The maximum atomic E-state index is 13.8. The molecule has 1 fully saturated rings. The van der Waals surface area contributed by atoms with E-state index in [1.165, 1.54) is 16.5 Å². The molecule has 1 aromatic heterocycles. The Morgan fingerprint density at radius 3 is 2.87 bits per heavy atom. The molecule has 23 heavy (non-hydrogen) atoms. The van der Waals surface area contributed by atoms with Gasteiger partial charge in [0.15, 0.2) is 5.96 Å². The smallest absolute Gasteiger partial charge is 0.191 e. The van der Waals surface area contributed by atoms with Crippen molar-refractivity contribution >= 4 is 17.3 Å². The van der Waals surface area contributed by atoms with Gasteiger partial charge in [-0.25, -0.2) is 9.38 Å². The van der Waals surface area contributed by atoms with E-state index in [0.717, 1.165) is 24.5 Å². The second kappa shape index (κ2) is 7.13. The number of thiophene rings is 1. The van der Waals surface area contributed by atoms with E-state index in [4.69, 9.17) is 0 Å². The standard InChI is InChI=1S/C18H22FN3S/c1-3-20-18(21-11-17-12(2)8-9-23-17)22-16-10-14(16)13-6-4-5-7-15(13)19/h4-9,14,16H,3,10-11H2,1-2H3,(H2,20,21,22). The summed E-state index contributed by atoms with van der Waals surface area (Å²) in [6.07, 6.45) is 0.948. The molecule has 0 amide bonds. The van der Waals surface area contributed by atoms with Crippen molar-refractivity contribution in [3.8, 4) is 0 Å². The van der Waals surface area contributed by atoms with Gasteiger partial charge in [0.05, 0.1) is 6.54 Å². The zero-order chi connectivity index (χ0) is 16.2. The van der Waals surface area contributed by atoms with E-state index in [2.05, 4.69) is 40.9 Å². The number of halogens is 1. The van der Waals surface area contributed by atoms with Gasteiger partial charge in [-0.2, -0.15) is 0 Å². The highest BCUT2D eigenvalue weighted by Crippen LogP contribution is 2.41. The molecular weight excluding hydrogens is 309 g/mol. The van der Waals surface area contributed by atoms with Crippen LogP contribution in [0.15, 0.2) is 40.7 Å². The summed E-state index contributed by atoms with van der Waals surface area (Å²) in [6, 6.07) is 9.41. The predicted molar refractivity (Wildman–Crippen MR) is 94.6 cm³/mol. The fourth-order valence-corrected chi connectivity index (χ4v) is 3.52. The highest BCUT2D eigenvalue weighted by Gasteiger charge is 2.40. The summed E-state index contributed by atoms with van der Waals surface area (Å²) < 4.78 is 13.8. The van der Waals surface area contributed by atoms with Crippen molar-refractivity contribution in [2.45, 2.75) is 38.8 Å². The van der Waals surface area contributed by atoms with E-state index in [1.807, 2.05) is 12.1 Å². The van der Waals surface area contributed by atoms with Crippen molar-refractivity contribution < 1.29 is 4.39 Å². The predicted octanol–water partition coefficient (Wildman–Crippen LogP) is 3.81. The van der Waals surface area contributed by atoms with Gasteiger partial charge in [-0.05, 0) is 48.9 Å². The van der Waals surface area contributed by atoms with Crippen molar-refractivity contribution in [3.05, 3.63) is 57.5 Å². The fraction of sp³-hybridized carbons (Fsp3) is 0.389. The molecule has 1 aromatic carbocycles. The Balaban J connectivity index is 1.62. The van der Waals surface area contributed by atoms with Crippen LogP contribution < -0.4 is 10.6 Å². The summed E-state index contributed by atoms with van der Waals surface area (Å²) in [7, 11) is 0. The largest absolute Gasteiger partial charge is 0.357 e. The summed E-state index contributed by atoms with van der Waals surface area (Å²) in [5.41, 5.74) is 2.08. The van der Waals surface area contributed by atoms with Crippen molar-refractivity contribution in [2.24, 2.45) is 4.99 Å². The van der Waals surface area contributed by atoms with Crippen LogP contribution in [0.3, 0.4) is 0 Å². The van der Waals surface area contributed by atoms with E-state index in [-0.39, 0.29) is 17.8 Å². The molecular formula is C18H22FN3S. The third kappa shape index (κ3) is 3.91. The number of aryl methyl sites for hydroxylation is 1. The van der Waals surface area contributed by atoms with Crippen molar-refractivity contribution in [1.82, 2.24) is 10.6 Å². The Morgan fingerprint density at radius 1 is 1.35 bits per heavy atom. The van der Waals surface area contributed by atoms with Crippen LogP contribution in [0.2, 0.25) is 0 Å². The number of hydrogen-bond donors (Lipinski definition) is 2. The summed E-state index contributed by atoms with van der Waals surface area (Å²) in [5, 5.41) is 8.79. The fourth-order valence-electron chi connectivity index (χ4n) is 2.69. The first-order valence-corrected chi connectivity index (χ1v) is 8.89. The van der Waals surface area contributed by atoms with Crippen LogP contribution in [0.5, 0.6) is 0 Å². The summed E-state index contributed by atoms with van der Waals surface area (Å²) in [6.45, 7) is 5.65. The number of hydrogen-bond acceptors (Lipinski definition) is 2. The van der Waals surface area contributed by atoms with Crippen LogP contribution in [0.4, 0.5) is 4.39 Å². The Hall–Kier alpha value is -1.88. The third-order valence-corrected chi connectivity index (χ3v) is 5.12. The molecule has 1 aliphatic carbocycles. The molecule has 2 aromatic rings. The maximum Gasteiger partial charge on any atom is 0.191 e. The lowest BCUT2D eigenvalue weighted by molar-refractivity contribution is 0.607. The molecule has 2 N–H and O–H groups in total. The molecule has 5 heteroatoms. The minimum atomic E-state index is -0.113. The molecule has 2 atom stereocenters. The van der Waals surface area contributed by atoms with Gasteiger partial charge in [0.25, 0.3) is 0 Å². The lowest BCUT2D eigenvalue weighted by atomic mass is 10.1. The van der Waals surface area contributed by atoms with Gasteiger partial charge >= 0.3 is 0 Å². The van der Waals surface area contributed by atoms with Gasteiger partial charge in [0.2, 0.25) is 0 Å². The molecule has 1 aliphatic rings. The number of nitrogens with zero attached hydrogens (tertiary/aromatic N) is 1. The van der Waals surface area contributed by atoms with Crippen LogP contribution in [-0.2, 0) is 6.54 Å². The lowest BCUT2D eigenvalue weighted by Crippen LogP contribution is -2.39. The van der Waals surface area contributed by atoms with E-state index in [1.54, 1.807) is 17.4 Å². The van der Waals surface area contributed by atoms with Crippen LogP contribution in [-0.4, -0.2) is 18.5 Å². The number of rotatable bonds is 5. The minimum absolute atomic E-state index is 0.113. The summed E-state index contributed by atoms with van der Waals surface area (Å²) >= 11 is 1.73. The molecule has 0 aliphatic heterocycles. The Kier molecular flexibility index (Phi) is 4.96. The Morgan fingerprint density at radius 2 is 2.17 bits per heavy atom. The molecule has 0 spiro atoms. The summed E-state index contributed by atoms with van der Waals surface area (Å²) in [4.78, 5) is 5.94. The number of guanidine groups is 1. The average Bonchev–Trinajstić information content (AvgIpc) is 3.17. The SMILES string of the molecule is CCNC(=NCc1sccc1C)NC1CC1c1ccccc1F. The van der Waals surface area contributed by atoms with E-state index in [0.29, 0.717) is 6.54 Å². The molecule has 122 valence electrons. The van der Waals surface area contributed by atoms with Crippen molar-refractivity contribution in [3.63, 3.8) is 0 Å². The van der Waals surface area contributed by atoms with Crippen molar-refractivity contribution in [1.29, 1.82) is 0 Å². The zero-order valence-electron chi connectivity index (χ0n) is 13.5. The highest BCUT2D eigenvalue weighted by atomic mass is 32.1. The number of benzene rings is 1. The molecule has 0 saturated heterocycles. The number of nitrogens with one attached hydrogen (secondary N) is 2.